The number of nitrogens with one attached hydrogen (secondary N) is 1. The van der Waals surface area contributed by atoms with Crippen LogP contribution < -0.4 is 10.2 Å². The molecule has 1 aromatic heterocycles. The first-order valence-corrected chi connectivity index (χ1v) is 7.54. The van der Waals surface area contributed by atoms with E-state index in [1.165, 1.54) is 4.57 Å². The first kappa shape index (κ1) is 14.1. The first-order valence-electron chi connectivity index (χ1n) is 6.01. The van der Waals surface area contributed by atoms with E-state index in [0.29, 0.717) is 21.7 Å². The average molecular weight is 338 g/mol. The van der Waals surface area contributed by atoms with E-state index in [4.69, 9.17) is 23.2 Å². The molecule has 21 heavy (non-hydrogen) atoms. The molecule has 2 aromatic carbocycles. The summed E-state index contributed by atoms with van der Waals surface area (Å²) in [6.45, 7) is 0. The third-order valence-electron chi connectivity index (χ3n) is 2.75. The van der Waals surface area contributed by atoms with Crippen molar-refractivity contribution in [2.24, 2.45) is 0 Å². The molecule has 0 atom stereocenters. The van der Waals surface area contributed by atoms with Crippen LogP contribution in [0.4, 0.5) is 11.6 Å². The average Bonchev–Trinajstić information content (AvgIpc) is 2.80. The van der Waals surface area contributed by atoms with Crippen molar-refractivity contribution in [1.82, 2.24) is 8.94 Å². The fraction of sp³-hybridized carbons (Fsp3) is 0. The van der Waals surface area contributed by atoms with Crippen LogP contribution in [-0.2, 0) is 0 Å². The predicted molar refractivity (Wildman–Crippen MR) is 87.5 cm³/mol. The molecule has 106 valence electrons. The van der Waals surface area contributed by atoms with Gasteiger partial charge in [0.2, 0.25) is 5.95 Å². The first-order chi connectivity index (χ1) is 10.1. The number of rotatable bonds is 3. The van der Waals surface area contributed by atoms with Crippen LogP contribution in [-0.4, -0.2) is 8.94 Å². The minimum Gasteiger partial charge on any atom is -0.324 e. The van der Waals surface area contributed by atoms with E-state index in [0.717, 1.165) is 17.2 Å². The summed E-state index contributed by atoms with van der Waals surface area (Å²) >= 11 is 12.8. The van der Waals surface area contributed by atoms with Crippen molar-refractivity contribution in [3.8, 4) is 5.69 Å². The van der Waals surface area contributed by atoms with Gasteiger partial charge in [-0.1, -0.05) is 35.3 Å². The third kappa shape index (κ3) is 3.10. The minimum atomic E-state index is -0.193. The Labute approximate surface area is 134 Å². The van der Waals surface area contributed by atoms with Gasteiger partial charge >= 0.3 is 4.87 Å². The number of halogens is 2. The Kier molecular flexibility index (Phi) is 3.96. The number of hydrogen-bond acceptors (Lipinski definition) is 4. The molecule has 0 radical (unpaired) electrons. The minimum absolute atomic E-state index is 0.193. The van der Waals surface area contributed by atoms with Crippen LogP contribution in [0, 0.1) is 0 Å². The van der Waals surface area contributed by atoms with E-state index < -0.39 is 0 Å². The lowest BCUT2D eigenvalue weighted by Crippen LogP contribution is -2.13. The highest BCUT2D eigenvalue weighted by Gasteiger charge is 2.11. The molecule has 0 spiro atoms. The largest absolute Gasteiger partial charge is 0.332 e. The fourth-order valence-electron chi connectivity index (χ4n) is 1.87. The summed E-state index contributed by atoms with van der Waals surface area (Å²) in [5.41, 5.74) is 1.41. The van der Waals surface area contributed by atoms with Gasteiger partial charge < -0.3 is 5.32 Å². The zero-order chi connectivity index (χ0) is 14.8. The molecule has 4 nitrogen and oxygen atoms in total. The lowest BCUT2D eigenvalue weighted by molar-refractivity contribution is 1.03. The summed E-state index contributed by atoms with van der Waals surface area (Å²) in [5, 5.41) is 4.25. The van der Waals surface area contributed by atoms with Gasteiger partial charge in [0.15, 0.2) is 0 Å². The van der Waals surface area contributed by atoms with E-state index in [1.807, 2.05) is 12.1 Å². The zero-order valence-corrected chi connectivity index (χ0v) is 12.9. The van der Waals surface area contributed by atoms with Crippen LogP contribution >= 0.6 is 34.7 Å². The molecule has 7 heteroatoms. The Morgan fingerprint density at radius 2 is 1.76 bits per heavy atom. The Balaban J connectivity index is 2.03. The van der Waals surface area contributed by atoms with Crippen LogP contribution in [0.15, 0.2) is 53.3 Å². The van der Waals surface area contributed by atoms with Crippen molar-refractivity contribution in [1.29, 1.82) is 0 Å². The molecule has 1 heterocycles. The van der Waals surface area contributed by atoms with E-state index in [-0.39, 0.29) is 4.87 Å². The Bertz CT molecular complexity index is 844. The van der Waals surface area contributed by atoms with Crippen LogP contribution in [0.5, 0.6) is 0 Å². The second-order valence-corrected chi connectivity index (χ2v) is 5.81. The molecule has 0 bridgehead atoms. The van der Waals surface area contributed by atoms with Gasteiger partial charge in [-0.3, -0.25) is 4.79 Å². The molecule has 3 rings (SSSR count). The smallest absolute Gasteiger partial charge is 0.324 e. The maximum absolute atomic E-state index is 12.0. The van der Waals surface area contributed by atoms with Gasteiger partial charge in [0.05, 0.1) is 5.69 Å². The summed E-state index contributed by atoms with van der Waals surface area (Å²) in [5.74, 6) is 0.425. The maximum atomic E-state index is 12.0. The second-order valence-electron chi connectivity index (χ2n) is 4.22. The summed E-state index contributed by atoms with van der Waals surface area (Å²) in [6, 6.07) is 14.2. The standard InChI is InChI=1S/C14H9Cl2N3OS/c15-9-3-1-5-11(7-9)17-13-18-21-14(20)19(13)12-6-2-4-10(16)8-12/h1-8H,(H,17,18). The number of aromatic nitrogens is 2. The summed E-state index contributed by atoms with van der Waals surface area (Å²) in [7, 11) is 0. The van der Waals surface area contributed by atoms with Crippen LogP contribution in [0.1, 0.15) is 0 Å². The van der Waals surface area contributed by atoms with Crippen molar-refractivity contribution in [2.75, 3.05) is 5.32 Å². The molecule has 0 fully saturated rings. The second kappa shape index (κ2) is 5.89. The van der Waals surface area contributed by atoms with Gasteiger partial charge in [0.1, 0.15) is 0 Å². The Morgan fingerprint density at radius 3 is 2.48 bits per heavy atom. The topological polar surface area (TPSA) is 46.9 Å². The molecule has 0 aliphatic rings. The van der Waals surface area contributed by atoms with Gasteiger partial charge in [-0.15, -0.1) is 0 Å². The number of hydrogen-bond donors (Lipinski definition) is 1. The molecule has 0 saturated carbocycles. The van der Waals surface area contributed by atoms with Gasteiger partial charge in [-0.05, 0) is 36.4 Å². The van der Waals surface area contributed by atoms with Crippen molar-refractivity contribution >= 4 is 46.4 Å². The summed E-state index contributed by atoms with van der Waals surface area (Å²) in [4.78, 5) is 11.8. The lowest BCUT2D eigenvalue weighted by atomic mass is 10.3. The summed E-state index contributed by atoms with van der Waals surface area (Å²) < 4.78 is 5.61. The number of benzene rings is 2. The van der Waals surface area contributed by atoms with Crippen LogP contribution in [0.25, 0.3) is 5.69 Å². The third-order valence-corrected chi connectivity index (χ3v) is 3.82. The van der Waals surface area contributed by atoms with E-state index >= 15 is 0 Å². The normalized spacial score (nSPS) is 10.6. The summed E-state index contributed by atoms with van der Waals surface area (Å²) in [6.07, 6.45) is 0. The van der Waals surface area contributed by atoms with E-state index in [1.54, 1.807) is 36.4 Å². The van der Waals surface area contributed by atoms with Gasteiger partial charge in [0, 0.05) is 27.3 Å². The molecule has 0 aliphatic carbocycles. The number of anilines is 2. The zero-order valence-electron chi connectivity index (χ0n) is 10.6. The monoisotopic (exact) mass is 337 g/mol. The number of nitrogens with zero attached hydrogens (tertiary/aromatic N) is 2. The van der Waals surface area contributed by atoms with Gasteiger partial charge in [0.25, 0.3) is 0 Å². The molecule has 3 aromatic rings. The molecular weight excluding hydrogens is 329 g/mol. The molecule has 0 aliphatic heterocycles. The predicted octanol–water partition coefficient (Wildman–Crippen LogP) is 4.34. The lowest BCUT2D eigenvalue weighted by Gasteiger charge is -2.08. The highest BCUT2D eigenvalue weighted by Crippen LogP contribution is 2.22. The van der Waals surface area contributed by atoms with Crippen LogP contribution in [0.3, 0.4) is 0 Å². The fourth-order valence-corrected chi connectivity index (χ4v) is 2.81. The van der Waals surface area contributed by atoms with Gasteiger partial charge in [-0.2, -0.15) is 4.37 Å². The molecule has 0 unspecified atom stereocenters. The highest BCUT2D eigenvalue weighted by atomic mass is 35.5. The van der Waals surface area contributed by atoms with E-state index in [9.17, 15) is 4.79 Å². The van der Waals surface area contributed by atoms with E-state index in [2.05, 4.69) is 9.69 Å². The molecule has 1 N–H and O–H groups in total. The van der Waals surface area contributed by atoms with Crippen molar-refractivity contribution < 1.29 is 0 Å². The van der Waals surface area contributed by atoms with Crippen molar-refractivity contribution in [3.63, 3.8) is 0 Å². The van der Waals surface area contributed by atoms with Crippen molar-refractivity contribution in [3.05, 3.63) is 68.2 Å². The van der Waals surface area contributed by atoms with Crippen LogP contribution in [0.2, 0.25) is 10.0 Å². The van der Waals surface area contributed by atoms with Crippen molar-refractivity contribution in [2.45, 2.75) is 0 Å². The molecule has 0 amide bonds. The maximum Gasteiger partial charge on any atom is 0.332 e. The Hall–Kier alpha value is -1.82. The molecular formula is C14H9Cl2N3OS. The highest BCUT2D eigenvalue weighted by molar-refractivity contribution is 7.03. The van der Waals surface area contributed by atoms with Gasteiger partial charge in [-0.25, -0.2) is 4.57 Å². The molecule has 0 saturated heterocycles. The Morgan fingerprint density at radius 1 is 1.05 bits per heavy atom. The quantitative estimate of drug-likeness (QED) is 0.773. The SMILES string of the molecule is O=c1snc(Nc2cccc(Cl)c2)n1-c1cccc(Cl)c1.